The van der Waals surface area contributed by atoms with Gasteiger partial charge in [0.1, 0.15) is 0 Å². The summed E-state index contributed by atoms with van der Waals surface area (Å²) in [6.07, 6.45) is 3.40. The molecule has 2 aromatic rings. The van der Waals surface area contributed by atoms with E-state index in [0.717, 1.165) is 51.3 Å². The van der Waals surface area contributed by atoms with Gasteiger partial charge in [-0.1, -0.05) is 35.9 Å². The average molecular weight is 384 g/mol. The van der Waals surface area contributed by atoms with E-state index in [4.69, 9.17) is 11.6 Å². The molecule has 2 aliphatic heterocycles. The van der Waals surface area contributed by atoms with Gasteiger partial charge in [0.2, 0.25) is 0 Å². The first-order chi connectivity index (χ1) is 13.2. The fourth-order valence-corrected chi connectivity index (χ4v) is 4.34. The molecule has 1 atom stereocenters. The van der Waals surface area contributed by atoms with Crippen LogP contribution in [-0.4, -0.2) is 42.0 Å². The number of fused-ring (bicyclic) bond motifs is 1. The minimum atomic E-state index is -0.00832. The summed E-state index contributed by atoms with van der Waals surface area (Å²) < 4.78 is 0. The molecule has 0 spiro atoms. The van der Waals surface area contributed by atoms with Crippen molar-refractivity contribution < 1.29 is 4.79 Å². The highest BCUT2D eigenvalue weighted by Crippen LogP contribution is 2.23. The van der Waals surface area contributed by atoms with Gasteiger partial charge in [-0.15, -0.1) is 0 Å². The topological polar surface area (TPSA) is 35.6 Å². The van der Waals surface area contributed by atoms with E-state index in [0.29, 0.717) is 10.9 Å². The molecule has 0 unspecified atom stereocenters. The molecular formula is C22H26ClN3O. The Morgan fingerprint density at radius 2 is 1.85 bits per heavy atom. The van der Waals surface area contributed by atoms with Crippen LogP contribution in [0.15, 0.2) is 48.5 Å². The highest BCUT2D eigenvalue weighted by atomic mass is 35.5. The number of carbonyl (C=O) groups is 1. The van der Waals surface area contributed by atoms with Gasteiger partial charge < -0.3 is 10.2 Å². The van der Waals surface area contributed by atoms with Crippen molar-refractivity contribution >= 4 is 23.3 Å². The number of piperidine rings is 1. The minimum Gasteiger partial charge on any atom is -0.324 e. The average Bonchev–Trinajstić information content (AvgIpc) is 2.70. The normalized spacial score (nSPS) is 20.2. The third-order valence-corrected chi connectivity index (χ3v) is 5.88. The molecule has 27 heavy (non-hydrogen) atoms. The molecule has 2 heterocycles. The number of amides is 2. The first-order valence-electron chi connectivity index (χ1n) is 9.78. The van der Waals surface area contributed by atoms with Gasteiger partial charge in [-0.2, -0.15) is 0 Å². The third-order valence-electron chi connectivity index (χ3n) is 5.63. The first-order valence-corrected chi connectivity index (χ1v) is 10.2. The van der Waals surface area contributed by atoms with Crippen molar-refractivity contribution in [1.82, 2.24) is 9.80 Å². The molecule has 0 aromatic heterocycles. The molecule has 2 aromatic carbocycles. The molecular weight excluding hydrogens is 358 g/mol. The van der Waals surface area contributed by atoms with E-state index in [2.05, 4.69) is 34.5 Å². The Morgan fingerprint density at radius 3 is 2.67 bits per heavy atom. The molecule has 0 bridgehead atoms. The number of anilines is 1. The second-order valence-electron chi connectivity index (χ2n) is 7.65. The summed E-state index contributed by atoms with van der Waals surface area (Å²) in [5.41, 5.74) is 3.73. The van der Waals surface area contributed by atoms with E-state index in [1.807, 2.05) is 17.0 Å². The summed E-state index contributed by atoms with van der Waals surface area (Å²) >= 11 is 5.91. The zero-order valence-corrected chi connectivity index (χ0v) is 16.3. The molecule has 4 nitrogen and oxygen atoms in total. The largest absolute Gasteiger partial charge is 0.324 e. The van der Waals surface area contributed by atoms with Gasteiger partial charge in [-0.25, -0.2) is 4.79 Å². The Morgan fingerprint density at radius 1 is 1.07 bits per heavy atom. The fourth-order valence-electron chi connectivity index (χ4n) is 4.21. The minimum absolute atomic E-state index is 0.00832. The SMILES string of the molecule is O=C(Nc1ccc(Cl)cc1)N1CCC[C@@H](CN2CCc3ccccc3C2)C1. The van der Waals surface area contributed by atoms with Gasteiger partial charge in [0.15, 0.2) is 0 Å². The van der Waals surface area contributed by atoms with Crippen molar-refractivity contribution in [2.24, 2.45) is 5.92 Å². The number of benzene rings is 2. The Kier molecular flexibility index (Phi) is 5.65. The molecule has 1 fully saturated rings. The lowest BCUT2D eigenvalue weighted by atomic mass is 9.95. The van der Waals surface area contributed by atoms with E-state index in [1.165, 1.54) is 17.5 Å². The summed E-state index contributed by atoms with van der Waals surface area (Å²) in [4.78, 5) is 17.1. The molecule has 2 aliphatic rings. The molecule has 1 N–H and O–H groups in total. The number of nitrogens with zero attached hydrogens (tertiary/aromatic N) is 2. The van der Waals surface area contributed by atoms with Crippen LogP contribution >= 0.6 is 11.6 Å². The van der Waals surface area contributed by atoms with Gasteiger partial charge in [0, 0.05) is 43.4 Å². The van der Waals surface area contributed by atoms with Crippen LogP contribution in [0.3, 0.4) is 0 Å². The van der Waals surface area contributed by atoms with Crippen LogP contribution < -0.4 is 5.32 Å². The lowest BCUT2D eigenvalue weighted by Gasteiger charge is -2.37. The molecule has 5 heteroatoms. The van der Waals surface area contributed by atoms with Crippen LogP contribution in [0.2, 0.25) is 5.02 Å². The Balaban J connectivity index is 1.31. The second-order valence-corrected chi connectivity index (χ2v) is 8.08. The molecule has 0 aliphatic carbocycles. The highest BCUT2D eigenvalue weighted by molar-refractivity contribution is 6.30. The van der Waals surface area contributed by atoms with Gasteiger partial charge in [-0.3, -0.25) is 4.90 Å². The highest BCUT2D eigenvalue weighted by Gasteiger charge is 2.26. The van der Waals surface area contributed by atoms with Crippen LogP contribution in [0.25, 0.3) is 0 Å². The molecule has 142 valence electrons. The standard InChI is InChI=1S/C22H26ClN3O/c23-20-7-9-21(10-8-20)24-22(27)26-12-3-4-17(15-26)14-25-13-11-18-5-1-2-6-19(18)16-25/h1-2,5-10,17H,3-4,11-16H2,(H,24,27)/t17-/m0/s1. The maximum absolute atomic E-state index is 12.6. The van der Waals surface area contributed by atoms with E-state index in [-0.39, 0.29) is 6.03 Å². The van der Waals surface area contributed by atoms with Gasteiger partial charge in [0.25, 0.3) is 0 Å². The zero-order valence-electron chi connectivity index (χ0n) is 15.5. The van der Waals surface area contributed by atoms with E-state index < -0.39 is 0 Å². The Hall–Kier alpha value is -2.04. The quantitative estimate of drug-likeness (QED) is 0.837. The van der Waals surface area contributed by atoms with Crippen molar-refractivity contribution in [3.05, 3.63) is 64.7 Å². The Bertz CT molecular complexity index is 792. The van der Waals surface area contributed by atoms with Crippen LogP contribution in [0.1, 0.15) is 24.0 Å². The smallest absolute Gasteiger partial charge is 0.321 e. The summed E-state index contributed by atoms with van der Waals surface area (Å²) in [6, 6.07) is 16.0. The summed E-state index contributed by atoms with van der Waals surface area (Å²) in [5.74, 6) is 0.542. The zero-order chi connectivity index (χ0) is 18.6. The number of rotatable bonds is 3. The number of nitrogens with one attached hydrogen (secondary N) is 1. The molecule has 4 rings (SSSR count). The van der Waals surface area contributed by atoms with Crippen molar-refractivity contribution in [3.63, 3.8) is 0 Å². The maximum Gasteiger partial charge on any atom is 0.321 e. The van der Waals surface area contributed by atoms with Crippen molar-refractivity contribution in [2.45, 2.75) is 25.8 Å². The number of likely N-dealkylation sites (tertiary alicyclic amines) is 1. The molecule has 0 radical (unpaired) electrons. The van der Waals surface area contributed by atoms with E-state index in [9.17, 15) is 4.79 Å². The van der Waals surface area contributed by atoms with E-state index >= 15 is 0 Å². The monoisotopic (exact) mass is 383 g/mol. The van der Waals surface area contributed by atoms with Crippen molar-refractivity contribution in [3.8, 4) is 0 Å². The van der Waals surface area contributed by atoms with Crippen LogP contribution in [-0.2, 0) is 13.0 Å². The molecule has 0 saturated carbocycles. The summed E-state index contributed by atoms with van der Waals surface area (Å²) in [6.45, 7) is 4.88. The summed E-state index contributed by atoms with van der Waals surface area (Å²) in [7, 11) is 0. The lowest BCUT2D eigenvalue weighted by molar-refractivity contribution is 0.140. The van der Waals surface area contributed by atoms with Gasteiger partial charge in [0.05, 0.1) is 0 Å². The van der Waals surface area contributed by atoms with Crippen molar-refractivity contribution in [2.75, 3.05) is 31.5 Å². The van der Waals surface area contributed by atoms with Crippen LogP contribution in [0.5, 0.6) is 0 Å². The van der Waals surface area contributed by atoms with E-state index in [1.54, 1.807) is 12.1 Å². The predicted molar refractivity (Wildman–Crippen MR) is 110 cm³/mol. The van der Waals surface area contributed by atoms with Gasteiger partial charge in [-0.05, 0) is 60.6 Å². The van der Waals surface area contributed by atoms with Gasteiger partial charge >= 0.3 is 6.03 Å². The van der Waals surface area contributed by atoms with Crippen molar-refractivity contribution in [1.29, 1.82) is 0 Å². The number of urea groups is 1. The number of carbonyl (C=O) groups excluding carboxylic acids is 1. The molecule has 1 saturated heterocycles. The lowest BCUT2D eigenvalue weighted by Crippen LogP contribution is -2.46. The predicted octanol–water partition coefficient (Wildman–Crippen LogP) is 4.64. The maximum atomic E-state index is 12.6. The molecule has 2 amide bonds. The summed E-state index contributed by atoms with van der Waals surface area (Å²) in [5, 5.41) is 3.67. The van der Waals surface area contributed by atoms with Crippen LogP contribution in [0.4, 0.5) is 10.5 Å². The number of hydrogen-bond acceptors (Lipinski definition) is 2. The fraction of sp³-hybridized carbons (Fsp3) is 0.409. The number of hydrogen-bond donors (Lipinski definition) is 1. The second kappa shape index (κ2) is 8.32. The number of halogens is 1. The van der Waals surface area contributed by atoms with Crippen LogP contribution in [0, 0.1) is 5.92 Å². The first kappa shape index (κ1) is 18.3. The Labute approximate surface area is 166 Å². The third kappa shape index (κ3) is 4.63.